The third-order valence-electron chi connectivity index (χ3n) is 3.12. The first-order chi connectivity index (χ1) is 9.60. The topological polar surface area (TPSA) is 67.1 Å². The minimum Gasteiger partial charge on any atom is -0.363 e. The van der Waals surface area contributed by atoms with Gasteiger partial charge in [-0.15, -0.1) is 0 Å². The van der Waals surface area contributed by atoms with E-state index in [0.29, 0.717) is 12.5 Å². The maximum absolute atomic E-state index is 5.61. The van der Waals surface area contributed by atoms with Gasteiger partial charge in [0, 0.05) is 32.9 Å². The predicted molar refractivity (Wildman–Crippen MR) is 82.7 cm³/mol. The van der Waals surface area contributed by atoms with Gasteiger partial charge in [0.05, 0.1) is 0 Å². The molecule has 20 heavy (non-hydrogen) atoms. The van der Waals surface area contributed by atoms with E-state index in [0.717, 1.165) is 11.4 Å². The van der Waals surface area contributed by atoms with E-state index in [1.165, 1.54) is 5.56 Å². The van der Waals surface area contributed by atoms with Gasteiger partial charge < -0.3 is 16.0 Å². The molecule has 0 saturated carbocycles. The van der Waals surface area contributed by atoms with Crippen molar-refractivity contribution in [2.45, 2.75) is 19.5 Å². The fraction of sp³-hybridized carbons (Fsp3) is 0.333. The number of benzene rings is 1. The van der Waals surface area contributed by atoms with Gasteiger partial charge in [-0.1, -0.05) is 24.3 Å². The zero-order chi connectivity index (χ0) is 14.5. The Labute approximate surface area is 119 Å². The molecular weight excluding hydrogens is 250 g/mol. The molecule has 1 aromatic heterocycles. The Morgan fingerprint density at radius 3 is 2.50 bits per heavy atom. The summed E-state index contributed by atoms with van der Waals surface area (Å²) in [6.45, 7) is 2.68. The third-order valence-corrected chi connectivity index (χ3v) is 3.12. The number of hydrogen-bond donors (Lipinski definition) is 2. The van der Waals surface area contributed by atoms with Gasteiger partial charge in [0.15, 0.2) is 0 Å². The lowest BCUT2D eigenvalue weighted by Gasteiger charge is -2.17. The molecule has 0 radical (unpaired) electrons. The van der Waals surface area contributed by atoms with E-state index < -0.39 is 0 Å². The van der Waals surface area contributed by atoms with Crippen molar-refractivity contribution < 1.29 is 0 Å². The monoisotopic (exact) mass is 271 g/mol. The van der Waals surface area contributed by atoms with Gasteiger partial charge in [0.2, 0.25) is 5.95 Å². The van der Waals surface area contributed by atoms with Crippen molar-refractivity contribution in [2.24, 2.45) is 5.73 Å². The second kappa shape index (κ2) is 6.34. The fourth-order valence-electron chi connectivity index (χ4n) is 1.89. The number of nitrogens with one attached hydrogen (secondary N) is 1. The van der Waals surface area contributed by atoms with Crippen molar-refractivity contribution >= 4 is 11.8 Å². The van der Waals surface area contributed by atoms with Gasteiger partial charge in [-0.25, -0.2) is 4.98 Å². The maximum Gasteiger partial charge on any atom is 0.226 e. The molecule has 3 N–H and O–H groups in total. The summed E-state index contributed by atoms with van der Waals surface area (Å²) < 4.78 is 0. The van der Waals surface area contributed by atoms with Crippen LogP contribution in [0.15, 0.2) is 36.5 Å². The Bertz CT molecular complexity index is 550. The molecule has 0 aliphatic rings. The predicted octanol–water partition coefficient (Wildman–Crippen LogP) is 2.17. The van der Waals surface area contributed by atoms with Gasteiger partial charge in [-0.05, 0) is 24.1 Å². The number of aromatic nitrogens is 2. The highest BCUT2D eigenvalue weighted by molar-refractivity contribution is 5.42. The van der Waals surface area contributed by atoms with Crippen LogP contribution in [0.1, 0.15) is 24.1 Å². The van der Waals surface area contributed by atoms with Gasteiger partial charge in [-0.2, -0.15) is 4.98 Å². The highest BCUT2D eigenvalue weighted by Gasteiger charge is 2.07. The van der Waals surface area contributed by atoms with Crippen molar-refractivity contribution in [3.8, 4) is 0 Å². The van der Waals surface area contributed by atoms with E-state index >= 15 is 0 Å². The molecule has 0 aliphatic heterocycles. The van der Waals surface area contributed by atoms with E-state index in [4.69, 9.17) is 5.73 Å². The highest BCUT2D eigenvalue weighted by atomic mass is 15.2. The number of nitrogens with two attached hydrogens (primary N) is 1. The molecule has 0 bridgehead atoms. The first-order valence-electron chi connectivity index (χ1n) is 6.66. The van der Waals surface area contributed by atoms with Crippen LogP contribution in [0.3, 0.4) is 0 Å². The van der Waals surface area contributed by atoms with Crippen LogP contribution in [-0.2, 0) is 6.54 Å². The van der Waals surface area contributed by atoms with Gasteiger partial charge >= 0.3 is 0 Å². The summed E-state index contributed by atoms with van der Waals surface area (Å²) in [5.74, 6) is 1.51. The van der Waals surface area contributed by atoms with Crippen molar-refractivity contribution in [3.63, 3.8) is 0 Å². The molecular formula is C15H21N5. The summed E-state index contributed by atoms with van der Waals surface area (Å²) in [6.07, 6.45) is 1.76. The van der Waals surface area contributed by atoms with Gasteiger partial charge in [0.25, 0.3) is 0 Å². The Morgan fingerprint density at radius 2 is 1.90 bits per heavy atom. The number of hydrogen-bond acceptors (Lipinski definition) is 5. The summed E-state index contributed by atoms with van der Waals surface area (Å²) in [7, 11) is 3.85. The van der Waals surface area contributed by atoms with E-state index in [9.17, 15) is 0 Å². The van der Waals surface area contributed by atoms with Gasteiger partial charge in [-0.3, -0.25) is 0 Å². The Morgan fingerprint density at radius 1 is 1.20 bits per heavy atom. The SMILES string of the molecule is CC(Nc1ccnc(N(C)C)n1)c1ccc(CN)cc1. The standard InChI is InChI=1S/C15H21N5/c1-11(13-6-4-12(10-16)5-7-13)18-14-8-9-17-15(19-14)20(2)3/h4-9,11H,10,16H2,1-3H3,(H,17,18,19). The van der Waals surface area contributed by atoms with E-state index in [1.54, 1.807) is 6.20 Å². The Balaban J connectivity index is 2.10. The van der Waals surface area contributed by atoms with Crippen LogP contribution in [0.25, 0.3) is 0 Å². The second-order valence-corrected chi connectivity index (χ2v) is 4.95. The molecule has 5 heteroatoms. The van der Waals surface area contributed by atoms with Crippen molar-refractivity contribution in [1.29, 1.82) is 0 Å². The second-order valence-electron chi connectivity index (χ2n) is 4.95. The van der Waals surface area contributed by atoms with Crippen LogP contribution in [0.4, 0.5) is 11.8 Å². The van der Waals surface area contributed by atoms with Crippen LogP contribution < -0.4 is 16.0 Å². The van der Waals surface area contributed by atoms with E-state index in [1.807, 2.05) is 25.1 Å². The molecule has 106 valence electrons. The minimum absolute atomic E-state index is 0.173. The smallest absolute Gasteiger partial charge is 0.226 e. The molecule has 5 nitrogen and oxygen atoms in total. The van der Waals surface area contributed by atoms with E-state index in [-0.39, 0.29) is 6.04 Å². The zero-order valence-electron chi connectivity index (χ0n) is 12.2. The summed E-state index contributed by atoms with van der Waals surface area (Å²) >= 11 is 0. The van der Waals surface area contributed by atoms with Crippen LogP contribution in [0.2, 0.25) is 0 Å². The molecule has 1 aromatic carbocycles. The summed E-state index contributed by atoms with van der Waals surface area (Å²) in [5.41, 5.74) is 7.95. The van der Waals surface area contributed by atoms with Crippen LogP contribution in [0.5, 0.6) is 0 Å². The van der Waals surface area contributed by atoms with Crippen molar-refractivity contribution in [3.05, 3.63) is 47.7 Å². The molecule has 1 unspecified atom stereocenters. The number of anilines is 2. The van der Waals surface area contributed by atoms with Crippen LogP contribution >= 0.6 is 0 Å². The fourth-order valence-corrected chi connectivity index (χ4v) is 1.89. The third kappa shape index (κ3) is 3.45. The highest BCUT2D eigenvalue weighted by Crippen LogP contribution is 2.19. The minimum atomic E-state index is 0.173. The van der Waals surface area contributed by atoms with Crippen molar-refractivity contribution in [1.82, 2.24) is 9.97 Å². The lowest BCUT2D eigenvalue weighted by Crippen LogP contribution is -2.14. The quantitative estimate of drug-likeness (QED) is 0.872. The first kappa shape index (κ1) is 14.3. The maximum atomic E-state index is 5.61. The normalized spacial score (nSPS) is 12.0. The molecule has 0 saturated heterocycles. The lowest BCUT2D eigenvalue weighted by atomic mass is 10.1. The molecule has 2 aromatic rings. The molecule has 2 rings (SSSR count). The molecule has 0 aliphatic carbocycles. The van der Waals surface area contributed by atoms with Crippen LogP contribution in [-0.4, -0.2) is 24.1 Å². The zero-order valence-corrected chi connectivity index (χ0v) is 12.2. The lowest BCUT2D eigenvalue weighted by molar-refractivity contribution is 0.866. The summed E-state index contributed by atoms with van der Waals surface area (Å²) in [6, 6.07) is 10.3. The largest absolute Gasteiger partial charge is 0.363 e. The van der Waals surface area contributed by atoms with Crippen molar-refractivity contribution in [2.75, 3.05) is 24.3 Å². The molecule has 0 spiro atoms. The number of rotatable bonds is 5. The molecule has 0 amide bonds. The molecule has 0 fully saturated rings. The summed E-state index contributed by atoms with van der Waals surface area (Å²) in [5, 5.41) is 3.38. The molecule has 1 heterocycles. The van der Waals surface area contributed by atoms with Crippen LogP contribution in [0, 0.1) is 0 Å². The average molecular weight is 271 g/mol. The average Bonchev–Trinajstić information content (AvgIpc) is 2.47. The molecule has 1 atom stereocenters. The Hall–Kier alpha value is -2.14. The first-order valence-corrected chi connectivity index (χ1v) is 6.66. The Kier molecular flexibility index (Phi) is 4.53. The van der Waals surface area contributed by atoms with Gasteiger partial charge in [0.1, 0.15) is 5.82 Å². The number of nitrogens with zero attached hydrogens (tertiary/aromatic N) is 3. The van der Waals surface area contributed by atoms with E-state index in [2.05, 4.69) is 46.5 Å². The summed E-state index contributed by atoms with van der Waals surface area (Å²) in [4.78, 5) is 10.5.